The number of aromatic nitrogens is 2. The van der Waals surface area contributed by atoms with E-state index in [1.807, 2.05) is 6.92 Å². The Kier molecular flexibility index (Phi) is 5.43. The lowest BCUT2D eigenvalue weighted by molar-refractivity contribution is 0.300. The third kappa shape index (κ3) is 4.34. The summed E-state index contributed by atoms with van der Waals surface area (Å²) in [5.41, 5.74) is 0. The van der Waals surface area contributed by atoms with E-state index in [0.29, 0.717) is 5.95 Å². The van der Waals surface area contributed by atoms with Gasteiger partial charge in [0, 0.05) is 19.3 Å². The summed E-state index contributed by atoms with van der Waals surface area (Å²) < 4.78 is 0.929. The third-order valence-corrected chi connectivity index (χ3v) is 4.35. The maximum atomic E-state index is 4.48. The van der Waals surface area contributed by atoms with Crippen molar-refractivity contribution >= 4 is 27.7 Å². The zero-order valence-corrected chi connectivity index (χ0v) is 13.3. The van der Waals surface area contributed by atoms with Crippen LogP contribution in [0, 0.1) is 11.8 Å². The summed E-state index contributed by atoms with van der Waals surface area (Å²) in [6.45, 7) is 6.24. The zero-order valence-electron chi connectivity index (χ0n) is 11.7. The second kappa shape index (κ2) is 7.08. The molecule has 0 unspecified atom stereocenters. The molecule has 106 valence electrons. The highest BCUT2D eigenvalue weighted by atomic mass is 79.9. The summed E-state index contributed by atoms with van der Waals surface area (Å²) in [4.78, 5) is 8.71. The Labute approximate surface area is 123 Å². The van der Waals surface area contributed by atoms with Crippen molar-refractivity contribution in [1.82, 2.24) is 9.97 Å². The van der Waals surface area contributed by atoms with E-state index < -0.39 is 0 Å². The van der Waals surface area contributed by atoms with E-state index in [9.17, 15) is 0 Å². The van der Waals surface area contributed by atoms with Gasteiger partial charge in [-0.2, -0.15) is 4.98 Å². The molecule has 0 bridgehead atoms. The van der Waals surface area contributed by atoms with E-state index in [0.717, 1.165) is 35.2 Å². The SMILES string of the molecule is CCNc1ncc(Br)c(NCC2CCC(C)CC2)n1. The van der Waals surface area contributed by atoms with E-state index in [-0.39, 0.29) is 0 Å². The van der Waals surface area contributed by atoms with Gasteiger partial charge in [0.2, 0.25) is 5.95 Å². The van der Waals surface area contributed by atoms with E-state index in [1.165, 1.54) is 25.7 Å². The largest absolute Gasteiger partial charge is 0.369 e. The van der Waals surface area contributed by atoms with Crippen LogP contribution in [0.5, 0.6) is 0 Å². The molecule has 0 aliphatic heterocycles. The van der Waals surface area contributed by atoms with Gasteiger partial charge in [-0.1, -0.05) is 19.8 Å². The smallest absolute Gasteiger partial charge is 0.224 e. The number of nitrogens with zero attached hydrogens (tertiary/aromatic N) is 2. The number of hydrogen-bond donors (Lipinski definition) is 2. The van der Waals surface area contributed by atoms with Crippen molar-refractivity contribution in [3.05, 3.63) is 10.7 Å². The van der Waals surface area contributed by atoms with Crippen LogP contribution in [0.4, 0.5) is 11.8 Å². The van der Waals surface area contributed by atoms with Crippen molar-refractivity contribution in [1.29, 1.82) is 0 Å². The number of anilines is 2. The van der Waals surface area contributed by atoms with Gasteiger partial charge in [0.25, 0.3) is 0 Å². The fourth-order valence-corrected chi connectivity index (χ4v) is 2.84. The fourth-order valence-electron chi connectivity index (χ4n) is 2.51. The highest BCUT2D eigenvalue weighted by molar-refractivity contribution is 9.10. The van der Waals surface area contributed by atoms with Gasteiger partial charge in [-0.25, -0.2) is 4.98 Å². The average Bonchev–Trinajstić information content (AvgIpc) is 2.41. The third-order valence-electron chi connectivity index (χ3n) is 3.77. The van der Waals surface area contributed by atoms with E-state index >= 15 is 0 Å². The predicted molar refractivity (Wildman–Crippen MR) is 83.5 cm³/mol. The standard InChI is InChI=1S/C14H23BrN4/c1-3-16-14-18-9-12(15)13(19-14)17-8-11-6-4-10(2)5-7-11/h9-11H,3-8H2,1-2H3,(H2,16,17,18,19). The molecule has 5 heteroatoms. The molecule has 1 aliphatic carbocycles. The normalized spacial score (nSPS) is 23.1. The molecule has 19 heavy (non-hydrogen) atoms. The summed E-state index contributed by atoms with van der Waals surface area (Å²) in [5.74, 6) is 3.26. The first-order chi connectivity index (χ1) is 9.19. The Morgan fingerprint density at radius 1 is 1.26 bits per heavy atom. The fraction of sp³-hybridized carbons (Fsp3) is 0.714. The molecule has 4 nitrogen and oxygen atoms in total. The van der Waals surface area contributed by atoms with Crippen molar-refractivity contribution in [2.45, 2.75) is 39.5 Å². The monoisotopic (exact) mass is 326 g/mol. The van der Waals surface area contributed by atoms with Gasteiger partial charge < -0.3 is 10.6 Å². The van der Waals surface area contributed by atoms with Crippen molar-refractivity contribution in [2.75, 3.05) is 23.7 Å². The lowest BCUT2D eigenvalue weighted by Gasteiger charge is -2.26. The molecule has 2 rings (SSSR count). The maximum absolute atomic E-state index is 4.48. The summed E-state index contributed by atoms with van der Waals surface area (Å²) in [5, 5.41) is 6.59. The molecule has 1 saturated carbocycles. The summed E-state index contributed by atoms with van der Waals surface area (Å²) in [6, 6.07) is 0. The molecule has 1 heterocycles. The van der Waals surface area contributed by atoms with Gasteiger partial charge in [-0.3, -0.25) is 0 Å². The van der Waals surface area contributed by atoms with Crippen molar-refractivity contribution < 1.29 is 0 Å². The van der Waals surface area contributed by atoms with Crippen LogP contribution in [-0.2, 0) is 0 Å². The molecule has 1 fully saturated rings. The van der Waals surface area contributed by atoms with Gasteiger partial charge in [0.05, 0.1) is 4.47 Å². The topological polar surface area (TPSA) is 49.8 Å². The second-order valence-corrected chi connectivity index (χ2v) is 6.28. The number of rotatable bonds is 5. The van der Waals surface area contributed by atoms with E-state index in [4.69, 9.17) is 0 Å². The van der Waals surface area contributed by atoms with Gasteiger partial charge >= 0.3 is 0 Å². The molecular weight excluding hydrogens is 304 g/mol. The number of nitrogens with one attached hydrogen (secondary N) is 2. The Morgan fingerprint density at radius 2 is 2.00 bits per heavy atom. The summed E-state index contributed by atoms with van der Waals surface area (Å²) in [6.07, 6.45) is 7.18. The van der Waals surface area contributed by atoms with Crippen LogP contribution in [0.2, 0.25) is 0 Å². The van der Waals surface area contributed by atoms with Crippen LogP contribution in [0.15, 0.2) is 10.7 Å². The van der Waals surface area contributed by atoms with Crippen LogP contribution >= 0.6 is 15.9 Å². The van der Waals surface area contributed by atoms with Crippen LogP contribution in [-0.4, -0.2) is 23.1 Å². The average molecular weight is 327 g/mol. The first kappa shape index (κ1) is 14.6. The first-order valence-electron chi connectivity index (χ1n) is 7.19. The molecule has 1 aliphatic rings. The first-order valence-corrected chi connectivity index (χ1v) is 7.98. The van der Waals surface area contributed by atoms with Crippen molar-refractivity contribution in [3.8, 4) is 0 Å². The Balaban J connectivity index is 1.89. The highest BCUT2D eigenvalue weighted by Gasteiger charge is 2.18. The molecule has 0 radical (unpaired) electrons. The zero-order chi connectivity index (χ0) is 13.7. The lowest BCUT2D eigenvalue weighted by atomic mass is 9.83. The maximum Gasteiger partial charge on any atom is 0.224 e. The van der Waals surface area contributed by atoms with Crippen LogP contribution in [0.25, 0.3) is 0 Å². The van der Waals surface area contributed by atoms with E-state index in [2.05, 4.69) is 43.5 Å². The van der Waals surface area contributed by atoms with Gasteiger partial charge in [0.15, 0.2) is 0 Å². The highest BCUT2D eigenvalue weighted by Crippen LogP contribution is 2.29. The van der Waals surface area contributed by atoms with Gasteiger partial charge in [0.1, 0.15) is 5.82 Å². The van der Waals surface area contributed by atoms with Crippen molar-refractivity contribution in [3.63, 3.8) is 0 Å². The molecule has 0 amide bonds. The number of halogens is 1. The van der Waals surface area contributed by atoms with Crippen LogP contribution in [0.1, 0.15) is 39.5 Å². The second-order valence-electron chi connectivity index (χ2n) is 5.43. The predicted octanol–water partition coefficient (Wildman–Crippen LogP) is 3.91. The molecule has 1 aromatic heterocycles. The summed E-state index contributed by atoms with van der Waals surface area (Å²) >= 11 is 3.50. The van der Waals surface area contributed by atoms with Crippen LogP contribution in [0.3, 0.4) is 0 Å². The molecule has 0 spiro atoms. The minimum atomic E-state index is 0.686. The molecule has 2 N–H and O–H groups in total. The summed E-state index contributed by atoms with van der Waals surface area (Å²) in [7, 11) is 0. The molecule has 1 aromatic rings. The molecule has 0 aromatic carbocycles. The van der Waals surface area contributed by atoms with Crippen LogP contribution < -0.4 is 10.6 Å². The minimum absolute atomic E-state index is 0.686. The molecular formula is C14H23BrN4. The minimum Gasteiger partial charge on any atom is -0.369 e. The quantitative estimate of drug-likeness (QED) is 0.861. The Bertz CT molecular complexity index is 402. The van der Waals surface area contributed by atoms with Gasteiger partial charge in [-0.05, 0) is 47.5 Å². The van der Waals surface area contributed by atoms with Gasteiger partial charge in [-0.15, -0.1) is 0 Å². The van der Waals surface area contributed by atoms with E-state index in [1.54, 1.807) is 6.20 Å². The molecule has 0 saturated heterocycles. The Hall–Kier alpha value is -0.840. The number of hydrogen-bond acceptors (Lipinski definition) is 4. The van der Waals surface area contributed by atoms with Crippen molar-refractivity contribution in [2.24, 2.45) is 11.8 Å². The lowest BCUT2D eigenvalue weighted by Crippen LogP contribution is -2.21. The Morgan fingerprint density at radius 3 is 2.68 bits per heavy atom. The molecule has 0 atom stereocenters.